The predicted octanol–water partition coefficient (Wildman–Crippen LogP) is 1.61. The fourth-order valence-corrected chi connectivity index (χ4v) is 1.40. The average molecular weight is 187 g/mol. The molecule has 0 bridgehead atoms. The van der Waals surface area contributed by atoms with Crippen molar-refractivity contribution in [2.75, 3.05) is 19.0 Å². The van der Waals surface area contributed by atoms with E-state index in [4.69, 9.17) is 5.73 Å². The topological polar surface area (TPSA) is 52.8 Å². The van der Waals surface area contributed by atoms with Gasteiger partial charge in [-0.3, -0.25) is 0 Å². The van der Waals surface area contributed by atoms with Crippen molar-refractivity contribution < 1.29 is 0 Å². The Hall–Kier alpha value is -1.84. The molecule has 0 unspecified atom stereocenters. The molecule has 2 rings (SSSR count). The monoisotopic (exact) mass is 187 g/mol. The van der Waals surface area contributed by atoms with Gasteiger partial charge in [-0.15, -0.1) is 0 Å². The van der Waals surface area contributed by atoms with Crippen molar-refractivity contribution in [3.05, 3.63) is 24.5 Å². The maximum atomic E-state index is 7.54. The SMILES string of the molecule is CN(C)c1ncnc2ccc([NH])cc12. The first kappa shape index (κ1) is 8.74. The first-order valence-corrected chi connectivity index (χ1v) is 4.32. The number of fused-ring (bicyclic) bond motifs is 1. The van der Waals surface area contributed by atoms with Gasteiger partial charge >= 0.3 is 0 Å². The fraction of sp³-hybridized carbons (Fsp3) is 0.200. The maximum Gasteiger partial charge on any atom is 0.139 e. The van der Waals surface area contributed by atoms with Gasteiger partial charge in [0.2, 0.25) is 0 Å². The van der Waals surface area contributed by atoms with Crippen LogP contribution in [0, 0.1) is 0 Å². The van der Waals surface area contributed by atoms with Crippen molar-refractivity contribution in [3.8, 4) is 0 Å². The number of nitrogens with zero attached hydrogens (tertiary/aromatic N) is 3. The number of benzene rings is 1. The van der Waals surface area contributed by atoms with Crippen LogP contribution >= 0.6 is 0 Å². The molecule has 2 aromatic rings. The van der Waals surface area contributed by atoms with Crippen LogP contribution in [0.2, 0.25) is 0 Å². The van der Waals surface area contributed by atoms with E-state index in [-0.39, 0.29) is 0 Å². The smallest absolute Gasteiger partial charge is 0.139 e. The Bertz CT molecular complexity index is 465. The molecule has 0 fully saturated rings. The predicted molar refractivity (Wildman–Crippen MR) is 56.6 cm³/mol. The van der Waals surface area contributed by atoms with Crippen LogP contribution < -0.4 is 10.6 Å². The van der Waals surface area contributed by atoms with Crippen molar-refractivity contribution in [2.45, 2.75) is 0 Å². The van der Waals surface area contributed by atoms with Crippen LogP contribution in [0.3, 0.4) is 0 Å². The van der Waals surface area contributed by atoms with Gasteiger partial charge in [-0.25, -0.2) is 9.97 Å². The Balaban J connectivity index is 2.77. The summed E-state index contributed by atoms with van der Waals surface area (Å²) in [6, 6.07) is 5.35. The van der Waals surface area contributed by atoms with E-state index in [1.165, 1.54) is 0 Å². The molecule has 0 spiro atoms. The zero-order valence-corrected chi connectivity index (χ0v) is 8.15. The summed E-state index contributed by atoms with van der Waals surface area (Å²) in [5.41, 5.74) is 8.90. The summed E-state index contributed by atoms with van der Waals surface area (Å²) in [6.07, 6.45) is 1.54. The quantitative estimate of drug-likeness (QED) is 0.681. The van der Waals surface area contributed by atoms with Crippen molar-refractivity contribution >= 4 is 22.4 Å². The third kappa shape index (κ3) is 1.35. The van der Waals surface area contributed by atoms with E-state index < -0.39 is 0 Å². The molecule has 14 heavy (non-hydrogen) atoms. The molecule has 1 heterocycles. The van der Waals surface area contributed by atoms with Crippen LogP contribution in [-0.2, 0) is 0 Å². The molecular weight excluding hydrogens is 176 g/mol. The molecule has 0 saturated carbocycles. The summed E-state index contributed by atoms with van der Waals surface area (Å²) in [5.74, 6) is 0.851. The van der Waals surface area contributed by atoms with Crippen LogP contribution in [0.15, 0.2) is 24.5 Å². The lowest BCUT2D eigenvalue weighted by Crippen LogP contribution is -2.11. The van der Waals surface area contributed by atoms with Crippen molar-refractivity contribution in [1.82, 2.24) is 15.7 Å². The molecule has 1 N–H and O–H groups in total. The summed E-state index contributed by atoms with van der Waals surface area (Å²) in [6.45, 7) is 0. The second-order valence-electron chi connectivity index (χ2n) is 3.32. The van der Waals surface area contributed by atoms with E-state index >= 15 is 0 Å². The molecule has 1 aromatic heterocycles. The minimum Gasteiger partial charge on any atom is -0.362 e. The molecule has 1 radical (unpaired) electrons. The minimum atomic E-state index is 0.482. The van der Waals surface area contributed by atoms with Crippen LogP contribution in [0.25, 0.3) is 10.9 Å². The van der Waals surface area contributed by atoms with E-state index in [2.05, 4.69) is 9.97 Å². The lowest BCUT2D eigenvalue weighted by molar-refractivity contribution is 1.06. The molecule has 1 aromatic carbocycles. The number of aromatic nitrogens is 2. The van der Waals surface area contributed by atoms with Gasteiger partial charge in [-0.1, -0.05) is 0 Å². The van der Waals surface area contributed by atoms with Crippen LogP contribution in [0.5, 0.6) is 0 Å². The van der Waals surface area contributed by atoms with Crippen LogP contribution in [0.4, 0.5) is 11.5 Å². The summed E-state index contributed by atoms with van der Waals surface area (Å²) in [4.78, 5) is 10.2. The highest BCUT2D eigenvalue weighted by molar-refractivity contribution is 5.91. The lowest BCUT2D eigenvalue weighted by atomic mass is 10.2. The number of anilines is 1. The molecule has 0 amide bonds. The number of nitrogens with one attached hydrogen (secondary N) is 1. The molecule has 4 heteroatoms. The van der Waals surface area contributed by atoms with Crippen molar-refractivity contribution in [1.29, 1.82) is 0 Å². The van der Waals surface area contributed by atoms with Gasteiger partial charge in [0.1, 0.15) is 12.1 Å². The second kappa shape index (κ2) is 3.14. The van der Waals surface area contributed by atoms with Crippen LogP contribution in [-0.4, -0.2) is 24.1 Å². The van der Waals surface area contributed by atoms with E-state index in [9.17, 15) is 0 Å². The van der Waals surface area contributed by atoms with Gasteiger partial charge in [-0.05, 0) is 18.2 Å². The van der Waals surface area contributed by atoms with E-state index in [1.807, 2.05) is 25.1 Å². The Labute approximate surface area is 82.4 Å². The molecule has 0 aliphatic heterocycles. The number of hydrogen-bond donors (Lipinski definition) is 0. The Kier molecular flexibility index (Phi) is 1.96. The second-order valence-corrected chi connectivity index (χ2v) is 3.32. The molecular formula is C10H11N4. The summed E-state index contributed by atoms with van der Waals surface area (Å²) in [7, 11) is 3.86. The largest absolute Gasteiger partial charge is 0.362 e. The van der Waals surface area contributed by atoms with Crippen LogP contribution in [0.1, 0.15) is 0 Å². The fourth-order valence-electron chi connectivity index (χ4n) is 1.40. The van der Waals surface area contributed by atoms with E-state index in [1.54, 1.807) is 18.5 Å². The summed E-state index contributed by atoms with van der Waals surface area (Å²) in [5, 5.41) is 0.921. The van der Waals surface area contributed by atoms with Crippen molar-refractivity contribution in [2.24, 2.45) is 0 Å². The Morgan fingerprint density at radius 2 is 2.00 bits per heavy atom. The Morgan fingerprint density at radius 3 is 2.71 bits per heavy atom. The minimum absolute atomic E-state index is 0.482. The number of rotatable bonds is 1. The first-order chi connectivity index (χ1) is 6.68. The van der Waals surface area contributed by atoms with Gasteiger partial charge in [0.05, 0.1) is 11.2 Å². The zero-order valence-electron chi connectivity index (χ0n) is 8.15. The third-order valence-electron chi connectivity index (χ3n) is 2.04. The van der Waals surface area contributed by atoms with E-state index in [0.717, 1.165) is 16.7 Å². The summed E-state index contributed by atoms with van der Waals surface area (Å²) >= 11 is 0. The lowest BCUT2D eigenvalue weighted by Gasteiger charge is -2.13. The Morgan fingerprint density at radius 1 is 1.21 bits per heavy atom. The third-order valence-corrected chi connectivity index (χ3v) is 2.04. The molecule has 0 saturated heterocycles. The first-order valence-electron chi connectivity index (χ1n) is 4.32. The highest BCUT2D eigenvalue weighted by atomic mass is 15.1. The zero-order chi connectivity index (χ0) is 10.1. The van der Waals surface area contributed by atoms with Gasteiger partial charge in [0.15, 0.2) is 0 Å². The highest BCUT2D eigenvalue weighted by Gasteiger charge is 2.04. The van der Waals surface area contributed by atoms with Gasteiger partial charge in [0.25, 0.3) is 0 Å². The molecule has 4 nitrogen and oxygen atoms in total. The van der Waals surface area contributed by atoms with Gasteiger partial charge in [-0.2, -0.15) is 0 Å². The molecule has 71 valence electrons. The maximum absolute atomic E-state index is 7.54. The standard InChI is InChI=1S/C10H11N4/c1-14(2)10-8-5-7(11)3-4-9(8)12-6-13-10/h3-6,11H,1-2H3. The van der Waals surface area contributed by atoms with E-state index in [0.29, 0.717) is 5.69 Å². The average Bonchev–Trinajstić information content (AvgIpc) is 2.16. The summed E-state index contributed by atoms with van der Waals surface area (Å²) < 4.78 is 0. The van der Waals surface area contributed by atoms with Crippen molar-refractivity contribution in [3.63, 3.8) is 0 Å². The highest BCUT2D eigenvalue weighted by Crippen LogP contribution is 2.23. The molecule has 0 aliphatic carbocycles. The molecule has 0 atom stereocenters. The molecule has 0 aliphatic rings. The normalized spacial score (nSPS) is 10.4. The van der Waals surface area contributed by atoms with Gasteiger partial charge < -0.3 is 10.6 Å². The van der Waals surface area contributed by atoms with Gasteiger partial charge in [0, 0.05) is 19.5 Å². The number of hydrogen-bond acceptors (Lipinski definition) is 3.